The summed E-state index contributed by atoms with van der Waals surface area (Å²) in [5.41, 5.74) is -0.990. The molecule has 2 heterocycles. The first kappa shape index (κ1) is 15.8. The summed E-state index contributed by atoms with van der Waals surface area (Å²) in [6.45, 7) is 0.449. The summed E-state index contributed by atoms with van der Waals surface area (Å²) in [6, 6.07) is 5.69. The highest BCUT2D eigenvalue weighted by Gasteiger charge is 2.40. The maximum Gasteiger partial charge on any atom is 0.273 e. The van der Waals surface area contributed by atoms with Crippen molar-refractivity contribution in [1.29, 1.82) is 0 Å². The number of benzene rings is 1. The van der Waals surface area contributed by atoms with Crippen molar-refractivity contribution < 1.29 is 19.0 Å². The SMILES string of the molecule is O=C(c1[nH]ncc1Cl)N1CC[C@](O)(COc2cccc(F)c2)C1. The number of rotatable bonds is 4. The molecular weight excluding hydrogens is 325 g/mol. The normalized spacial score (nSPS) is 20.7. The first-order chi connectivity index (χ1) is 11.0. The highest BCUT2D eigenvalue weighted by atomic mass is 35.5. The van der Waals surface area contributed by atoms with Crippen molar-refractivity contribution in [3.63, 3.8) is 0 Å². The molecule has 2 N–H and O–H groups in total. The minimum atomic E-state index is -1.19. The Morgan fingerprint density at radius 1 is 1.57 bits per heavy atom. The third-order valence-electron chi connectivity index (χ3n) is 3.73. The van der Waals surface area contributed by atoms with Crippen molar-refractivity contribution in [2.24, 2.45) is 0 Å². The molecule has 1 saturated heterocycles. The van der Waals surface area contributed by atoms with E-state index in [2.05, 4.69) is 10.2 Å². The molecule has 1 fully saturated rings. The summed E-state index contributed by atoms with van der Waals surface area (Å²) >= 11 is 5.88. The van der Waals surface area contributed by atoms with E-state index >= 15 is 0 Å². The molecule has 3 rings (SSSR count). The quantitative estimate of drug-likeness (QED) is 0.891. The van der Waals surface area contributed by atoms with Crippen molar-refractivity contribution in [2.75, 3.05) is 19.7 Å². The second-order valence-corrected chi connectivity index (χ2v) is 5.95. The molecule has 0 saturated carbocycles. The zero-order valence-corrected chi connectivity index (χ0v) is 12.9. The lowest BCUT2D eigenvalue weighted by Crippen LogP contribution is -2.40. The summed E-state index contributed by atoms with van der Waals surface area (Å²) in [6.07, 6.45) is 1.71. The number of carbonyl (C=O) groups excluding carboxylic acids is 1. The molecule has 23 heavy (non-hydrogen) atoms. The lowest BCUT2D eigenvalue weighted by molar-refractivity contribution is 0.00417. The number of β-amino-alcohol motifs (C(OH)–C–C–N with tert-alkyl or cyclic N) is 1. The number of carbonyl (C=O) groups is 1. The topological polar surface area (TPSA) is 78.5 Å². The first-order valence-corrected chi connectivity index (χ1v) is 7.44. The van der Waals surface area contributed by atoms with Gasteiger partial charge in [0.05, 0.1) is 17.8 Å². The number of hydrogen-bond donors (Lipinski definition) is 2. The fourth-order valence-corrected chi connectivity index (χ4v) is 2.67. The number of aliphatic hydroxyl groups is 1. The Morgan fingerprint density at radius 2 is 2.39 bits per heavy atom. The van der Waals surface area contributed by atoms with Crippen molar-refractivity contribution in [3.8, 4) is 5.75 Å². The van der Waals surface area contributed by atoms with Crippen molar-refractivity contribution in [1.82, 2.24) is 15.1 Å². The monoisotopic (exact) mass is 339 g/mol. The summed E-state index contributed by atoms with van der Waals surface area (Å²) in [5, 5.41) is 17.0. The van der Waals surface area contributed by atoms with Crippen molar-refractivity contribution in [3.05, 3.63) is 47.0 Å². The average molecular weight is 340 g/mol. The van der Waals surface area contributed by atoms with Crippen LogP contribution in [0.4, 0.5) is 4.39 Å². The molecule has 122 valence electrons. The van der Waals surface area contributed by atoms with E-state index in [1.54, 1.807) is 6.07 Å². The van der Waals surface area contributed by atoms with Gasteiger partial charge in [0.15, 0.2) is 0 Å². The van der Waals surface area contributed by atoms with E-state index in [-0.39, 0.29) is 29.8 Å². The fourth-order valence-electron chi connectivity index (χ4n) is 2.50. The molecule has 0 radical (unpaired) electrons. The number of nitrogens with one attached hydrogen (secondary N) is 1. The molecule has 1 aromatic heterocycles. The van der Waals surface area contributed by atoms with Gasteiger partial charge in [-0.3, -0.25) is 9.89 Å². The Bertz CT molecular complexity index is 723. The maximum absolute atomic E-state index is 13.1. The number of likely N-dealkylation sites (tertiary alicyclic amines) is 1. The van der Waals surface area contributed by atoms with Gasteiger partial charge in [0.25, 0.3) is 5.91 Å². The number of aromatic amines is 1. The first-order valence-electron chi connectivity index (χ1n) is 7.06. The van der Waals surface area contributed by atoms with E-state index < -0.39 is 11.4 Å². The molecule has 2 aromatic rings. The van der Waals surface area contributed by atoms with Crippen LogP contribution in [0.2, 0.25) is 5.02 Å². The average Bonchev–Trinajstić information content (AvgIpc) is 3.12. The zero-order chi connectivity index (χ0) is 16.4. The van der Waals surface area contributed by atoms with Gasteiger partial charge in [0.2, 0.25) is 0 Å². The van der Waals surface area contributed by atoms with Crippen LogP contribution in [-0.4, -0.2) is 51.4 Å². The molecule has 1 aliphatic rings. The predicted octanol–water partition coefficient (Wildman–Crippen LogP) is 1.86. The summed E-state index contributed by atoms with van der Waals surface area (Å²) in [5.74, 6) is -0.402. The molecular formula is C15H15ClFN3O3. The van der Waals surface area contributed by atoms with Gasteiger partial charge in [-0.05, 0) is 18.6 Å². The van der Waals surface area contributed by atoms with E-state index in [1.165, 1.54) is 29.3 Å². The molecule has 8 heteroatoms. The number of amides is 1. The summed E-state index contributed by atoms with van der Waals surface area (Å²) in [7, 11) is 0. The van der Waals surface area contributed by atoms with Crippen LogP contribution >= 0.6 is 11.6 Å². The van der Waals surface area contributed by atoms with E-state index in [0.29, 0.717) is 18.7 Å². The van der Waals surface area contributed by atoms with Gasteiger partial charge in [0.1, 0.15) is 29.5 Å². The summed E-state index contributed by atoms with van der Waals surface area (Å²) in [4.78, 5) is 13.8. The summed E-state index contributed by atoms with van der Waals surface area (Å²) < 4.78 is 18.6. The van der Waals surface area contributed by atoms with Gasteiger partial charge in [0, 0.05) is 12.6 Å². The van der Waals surface area contributed by atoms with Gasteiger partial charge in [-0.15, -0.1) is 0 Å². The van der Waals surface area contributed by atoms with Crippen LogP contribution in [0.1, 0.15) is 16.9 Å². The van der Waals surface area contributed by atoms with E-state index in [4.69, 9.17) is 16.3 Å². The third-order valence-corrected chi connectivity index (χ3v) is 4.02. The van der Waals surface area contributed by atoms with E-state index in [0.717, 1.165) is 0 Å². The predicted molar refractivity (Wildman–Crippen MR) is 81.0 cm³/mol. The Hall–Kier alpha value is -2.12. The van der Waals surface area contributed by atoms with Crippen LogP contribution in [0.5, 0.6) is 5.75 Å². The molecule has 1 amide bonds. The van der Waals surface area contributed by atoms with E-state index in [1.807, 2.05) is 0 Å². The second-order valence-electron chi connectivity index (χ2n) is 5.54. The molecule has 0 unspecified atom stereocenters. The number of aromatic nitrogens is 2. The smallest absolute Gasteiger partial charge is 0.273 e. The fraction of sp³-hybridized carbons (Fsp3) is 0.333. The van der Waals surface area contributed by atoms with Gasteiger partial charge in [-0.1, -0.05) is 17.7 Å². The highest BCUT2D eigenvalue weighted by Crippen LogP contribution is 2.25. The van der Waals surface area contributed by atoms with Crippen LogP contribution in [-0.2, 0) is 0 Å². The molecule has 0 spiro atoms. The Labute approximate surface area is 136 Å². The van der Waals surface area contributed by atoms with Crippen molar-refractivity contribution >= 4 is 17.5 Å². The van der Waals surface area contributed by atoms with E-state index in [9.17, 15) is 14.3 Å². The van der Waals surface area contributed by atoms with Crippen LogP contribution in [0.3, 0.4) is 0 Å². The van der Waals surface area contributed by atoms with Crippen LogP contribution < -0.4 is 4.74 Å². The Balaban J connectivity index is 1.62. The zero-order valence-electron chi connectivity index (χ0n) is 12.1. The minimum absolute atomic E-state index is 0.0308. The third kappa shape index (κ3) is 3.46. The minimum Gasteiger partial charge on any atom is -0.490 e. The number of H-pyrrole nitrogens is 1. The number of hydrogen-bond acceptors (Lipinski definition) is 4. The molecule has 0 aliphatic carbocycles. The largest absolute Gasteiger partial charge is 0.490 e. The molecule has 0 bridgehead atoms. The Kier molecular flexibility index (Phi) is 4.23. The molecule has 1 atom stereocenters. The van der Waals surface area contributed by atoms with Crippen LogP contribution in [0, 0.1) is 5.82 Å². The number of ether oxygens (including phenoxy) is 1. The maximum atomic E-state index is 13.1. The second kappa shape index (κ2) is 6.17. The van der Waals surface area contributed by atoms with Gasteiger partial charge in [-0.2, -0.15) is 5.10 Å². The molecule has 1 aliphatic heterocycles. The lowest BCUT2D eigenvalue weighted by atomic mass is 10.1. The number of nitrogens with zero attached hydrogens (tertiary/aromatic N) is 2. The number of halogens is 2. The van der Waals surface area contributed by atoms with Crippen LogP contribution in [0.25, 0.3) is 0 Å². The lowest BCUT2D eigenvalue weighted by Gasteiger charge is -2.23. The Morgan fingerprint density at radius 3 is 3.09 bits per heavy atom. The standard InChI is InChI=1S/C15H15ClFN3O3/c16-12-7-18-19-13(12)14(21)20-5-4-15(22,8-20)9-23-11-3-1-2-10(17)6-11/h1-3,6-7,22H,4-5,8-9H2,(H,18,19)/t15-/m1/s1. The van der Waals surface area contributed by atoms with Crippen LogP contribution in [0.15, 0.2) is 30.5 Å². The molecule has 1 aromatic carbocycles. The van der Waals surface area contributed by atoms with Crippen molar-refractivity contribution in [2.45, 2.75) is 12.0 Å². The van der Waals surface area contributed by atoms with Gasteiger partial charge in [-0.25, -0.2) is 4.39 Å². The highest BCUT2D eigenvalue weighted by molar-refractivity contribution is 6.33. The van der Waals surface area contributed by atoms with Gasteiger partial charge >= 0.3 is 0 Å². The van der Waals surface area contributed by atoms with Gasteiger partial charge < -0.3 is 14.7 Å². The molecule has 6 nitrogen and oxygen atoms in total.